The van der Waals surface area contributed by atoms with Gasteiger partial charge in [-0.15, -0.1) is 11.3 Å². The molecular formula is C17H13F4NO3S2. The highest BCUT2D eigenvalue weighted by Crippen LogP contribution is 2.40. The second-order valence-electron chi connectivity index (χ2n) is 5.86. The van der Waals surface area contributed by atoms with E-state index >= 15 is 0 Å². The molecule has 0 aliphatic carbocycles. The fraction of sp³-hybridized carbons (Fsp3) is 0.235. The molecule has 0 saturated carbocycles. The van der Waals surface area contributed by atoms with Crippen LogP contribution in [0.2, 0.25) is 0 Å². The number of aromatic hydroxyl groups is 1. The zero-order valence-corrected chi connectivity index (χ0v) is 15.4. The van der Waals surface area contributed by atoms with Crippen LogP contribution in [0.3, 0.4) is 0 Å². The van der Waals surface area contributed by atoms with E-state index in [0.717, 1.165) is 17.4 Å². The van der Waals surface area contributed by atoms with E-state index in [-0.39, 0.29) is 28.9 Å². The van der Waals surface area contributed by atoms with Gasteiger partial charge in [-0.1, -0.05) is 0 Å². The molecule has 27 heavy (non-hydrogen) atoms. The first-order valence-electron chi connectivity index (χ1n) is 7.60. The van der Waals surface area contributed by atoms with Gasteiger partial charge in [0.15, 0.2) is 11.6 Å². The van der Waals surface area contributed by atoms with Crippen molar-refractivity contribution in [2.75, 3.05) is 0 Å². The number of phenols is 1. The molecule has 0 atom stereocenters. The maximum absolute atomic E-state index is 13.9. The molecule has 0 spiro atoms. The summed E-state index contributed by atoms with van der Waals surface area (Å²) in [6.07, 6.45) is -0.320. The van der Waals surface area contributed by atoms with Crippen molar-refractivity contribution >= 4 is 40.0 Å². The molecule has 1 aromatic carbocycles. The van der Waals surface area contributed by atoms with E-state index in [2.05, 4.69) is 0 Å². The summed E-state index contributed by atoms with van der Waals surface area (Å²) in [6.45, 7) is 1.81. The van der Waals surface area contributed by atoms with Gasteiger partial charge in [-0.2, -0.15) is 13.2 Å². The highest BCUT2D eigenvalue weighted by Gasteiger charge is 2.30. The number of aromatic nitrogens is 1. The second-order valence-corrected chi connectivity index (χ2v) is 8.14. The number of thioether (sulfide) groups is 1. The molecule has 0 amide bonds. The van der Waals surface area contributed by atoms with E-state index in [1.165, 1.54) is 12.1 Å². The minimum absolute atomic E-state index is 0.0844. The fourth-order valence-corrected chi connectivity index (χ4v) is 4.61. The summed E-state index contributed by atoms with van der Waals surface area (Å²) in [6, 6.07) is 3.67. The maximum Gasteiger partial charge on any atom is 0.447 e. The van der Waals surface area contributed by atoms with Crippen molar-refractivity contribution in [2.45, 2.75) is 29.6 Å². The zero-order valence-electron chi connectivity index (χ0n) is 13.8. The number of halogens is 4. The van der Waals surface area contributed by atoms with E-state index in [1.54, 1.807) is 16.9 Å². The average Bonchev–Trinajstić information content (AvgIpc) is 3.05. The lowest BCUT2D eigenvalue weighted by molar-refractivity contribution is -0.136. The predicted molar refractivity (Wildman–Crippen MR) is 95.0 cm³/mol. The number of rotatable bonds is 5. The van der Waals surface area contributed by atoms with Crippen LogP contribution >= 0.6 is 23.1 Å². The van der Waals surface area contributed by atoms with Gasteiger partial charge in [0.2, 0.25) is 0 Å². The van der Waals surface area contributed by atoms with Crippen molar-refractivity contribution in [3.05, 3.63) is 46.2 Å². The lowest BCUT2D eigenvalue weighted by Gasteiger charge is -2.08. The fourth-order valence-electron chi connectivity index (χ4n) is 2.92. The van der Waals surface area contributed by atoms with Crippen LogP contribution in [-0.4, -0.2) is 26.3 Å². The Morgan fingerprint density at radius 1 is 1.30 bits per heavy atom. The molecule has 2 aromatic heterocycles. The molecule has 2 N–H and O–H groups in total. The monoisotopic (exact) mass is 419 g/mol. The summed E-state index contributed by atoms with van der Waals surface area (Å²) in [5.41, 5.74) is -2.45. The Morgan fingerprint density at radius 2 is 2.00 bits per heavy atom. The molecule has 0 radical (unpaired) electrons. The summed E-state index contributed by atoms with van der Waals surface area (Å²) in [5, 5.41) is 20.7. The topological polar surface area (TPSA) is 62.5 Å². The third kappa shape index (κ3) is 4.22. The van der Waals surface area contributed by atoms with Gasteiger partial charge in [0.25, 0.3) is 0 Å². The van der Waals surface area contributed by atoms with E-state index in [1.807, 2.05) is 0 Å². The molecular weight excluding hydrogens is 406 g/mol. The number of fused-ring (bicyclic) bond motifs is 1. The smallest absolute Gasteiger partial charge is 0.447 e. The van der Waals surface area contributed by atoms with Gasteiger partial charge in [0.1, 0.15) is 0 Å². The Kier molecular flexibility index (Phi) is 5.13. The predicted octanol–water partition coefficient (Wildman–Crippen LogP) is 5.14. The minimum Gasteiger partial charge on any atom is -0.505 e. The van der Waals surface area contributed by atoms with E-state index in [9.17, 15) is 27.5 Å². The van der Waals surface area contributed by atoms with Crippen molar-refractivity contribution in [1.29, 1.82) is 0 Å². The third-order valence-corrected chi connectivity index (χ3v) is 5.90. The molecule has 0 aliphatic heterocycles. The number of nitrogens with zero attached hydrogens (tertiary/aromatic N) is 1. The molecule has 0 bridgehead atoms. The molecule has 0 aliphatic rings. The number of thiophene rings is 1. The molecule has 3 rings (SSSR count). The normalized spacial score (nSPS) is 12.0. The van der Waals surface area contributed by atoms with Crippen LogP contribution in [0.15, 0.2) is 27.8 Å². The van der Waals surface area contributed by atoms with E-state index in [0.29, 0.717) is 27.7 Å². The van der Waals surface area contributed by atoms with Crippen LogP contribution in [0.25, 0.3) is 10.9 Å². The first-order valence-corrected chi connectivity index (χ1v) is 9.30. The van der Waals surface area contributed by atoms with E-state index < -0.39 is 23.0 Å². The Labute approximate surface area is 159 Å². The molecule has 0 fully saturated rings. The molecule has 4 nitrogen and oxygen atoms in total. The molecule has 0 saturated heterocycles. The Hall–Kier alpha value is -2.20. The third-order valence-electron chi connectivity index (χ3n) is 4.04. The number of carbonyl (C=O) groups is 1. The summed E-state index contributed by atoms with van der Waals surface area (Å²) in [5.74, 6) is -2.53. The Bertz CT molecular complexity index is 1020. The van der Waals surface area contributed by atoms with E-state index in [4.69, 9.17) is 5.11 Å². The Morgan fingerprint density at radius 3 is 2.63 bits per heavy atom. The van der Waals surface area contributed by atoms with Gasteiger partial charge in [0.05, 0.1) is 16.1 Å². The number of hydrogen-bond donors (Lipinski definition) is 2. The number of phenolic OH excluding ortho intramolecular Hbond substituents is 1. The first kappa shape index (κ1) is 19.6. The summed E-state index contributed by atoms with van der Waals surface area (Å²) >= 11 is 0.748. The van der Waals surface area contributed by atoms with Crippen LogP contribution in [0.4, 0.5) is 17.6 Å². The van der Waals surface area contributed by atoms with Crippen LogP contribution in [0.1, 0.15) is 16.8 Å². The van der Waals surface area contributed by atoms with Crippen molar-refractivity contribution < 1.29 is 32.6 Å². The number of carboxylic acid groups (broad SMARTS) is 1. The molecule has 144 valence electrons. The highest BCUT2D eigenvalue weighted by atomic mass is 32.2. The molecule has 0 unspecified atom stereocenters. The molecule has 2 heterocycles. The lowest BCUT2D eigenvalue weighted by Crippen LogP contribution is -2.04. The lowest BCUT2D eigenvalue weighted by atomic mass is 10.1. The largest absolute Gasteiger partial charge is 0.505 e. The average molecular weight is 419 g/mol. The van der Waals surface area contributed by atoms with Crippen LogP contribution < -0.4 is 0 Å². The van der Waals surface area contributed by atoms with Crippen LogP contribution in [0.5, 0.6) is 5.75 Å². The van der Waals surface area contributed by atoms with Crippen molar-refractivity contribution in [2.24, 2.45) is 0 Å². The minimum atomic E-state index is -4.38. The number of benzene rings is 1. The summed E-state index contributed by atoms with van der Waals surface area (Å²) in [7, 11) is 0. The van der Waals surface area contributed by atoms with Gasteiger partial charge in [-0.25, -0.2) is 4.39 Å². The molecule has 10 heteroatoms. The van der Waals surface area contributed by atoms with Crippen LogP contribution in [0, 0.1) is 12.7 Å². The van der Waals surface area contributed by atoms with Gasteiger partial charge in [-0.3, -0.25) is 4.79 Å². The zero-order chi connectivity index (χ0) is 19.9. The van der Waals surface area contributed by atoms with Gasteiger partial charge in [-0.05, 0) is 47.3 Å². The number of aliphatic carboxylic acids is 1. The number of alkyl halides is 3. The maximum atomic E-state index is 13.9. The van der Waals surface area contributed by atoms with Crippen molar-refractivity contribution in [1.82, 2.24) is 4.57 Å². The number of carboxylic acids is 1. The highest BCUT2D eigenvalue weighted by molar-refractivity contribution is 8.01. The second kappa shape index (κ2) is 7.08. The van der Waals surface area contributed by atoms with Gasteiger partial charge in [0, 0.05) is 23.7 Å². The van der Waals surface area contributed by atoms with Crippen molar-refractivity contribution in [3.8, 4) is 5.75 Å². The Balaban J connectivity index is 2.05. The standard InChI is InChI=1S/C17H13F4NO3S2/c1-8-10(4-15(24)25)11-3-14(23)12(18)5-13(11)22(8)6-9-2-16(26-7-9)27-17(19,20)21/h2-3,5,7,23H,4,6H2,1H3,(H,24,25). The van der Waals surface area contributed by atoms with Gasteiger partial charge < -0.3 is 14.8 Å². The quantitative estimate of drug-likeness (QED) is 0.444. The number of hydrogen-bond acceptors (Lipinski definition) is 4. The SMILES string of the molecule is Cc1c(CC(=O)O)c2cc(O)c(F)cc2n1Cc1csc(SC(F)(F)F)c1. The van der Waals surface area contributed by atoms with Gasteiger partial charge >= 0.3 is 11.5 Å². The van der Waals surface area contributed by atoms with Crippen molar-refractivity contribution in [3.63, 3.8) is 0 Å². The first-order chi connectivity index (χ1) is 12.5. The molecule has 3 aromatic rings. The summed E-state index contributed by atoms with van der Waals surface area (Å²) in [4.78, 5) is 11.2. The van der Waals surface area contributed by atoms with Crippen LogP contribution in [-0.2, 0) is 17.8 Å². The summed E-state index contributed by atoms with van der Waals surface area (Å²) < 4.78 is 53.1.